The van der Waals surface area contributed by atoms with Crippen LogP contribution in [0.3, 0.4) is 0 Å². The highest BCUT2D eigenvalue weighted by atomic mass is 32.1. The van der Waals surface area contributed by atoms with E-state index < -0.39 is 0 Å². The van der Waals surface area contributed by atoms with E-state index in [1.54, 1.807) is 11.3 Å². The van der Waals surface area contributed by atoms with Gasteiger partial charge in [-0.3, -0.25) is 4.99 Å². The molecule has 0 bridgehead atoms. The van der Waals surface area contributed by atoms with Gasteiger partial charge in [0.2, 0.25) is 4.80 Å². The molecule has 1 aromatic carbocycles. The first kappa shape index (κ1) is 17.1. The van der Waals surface area contributed by atoms with Gasteiger partial charge in [0.15, 0.2) is 0 Å². The third-order valence-corrected chi connectivity index (χ3v) is 5.14. The fraction of sp³-hybridized carbons (Fsp3) is 0.474. The molecule has 1 aromatic heterocycles. The van der Waals surface area contributed by atoms with Crippen molar-refractivity contribution < 1.29 is 4.39 Å². The van der Waals surface area contributed by atoms with Crippen LogP contribution >= 0.6 is 11.3 Å². The van der Waals surface area contributed by atoms with E-state index in [2.05, 4.69) is 10.4 Å². The Hall–Kier alpha value is -1.75. The Morgan fingerprint density at radius 3 is 2.38 bits per heavy atom. The van der Waals surface area contributed by atoms with Gasteiger partial charge in [0.25, 0.3) is 0 Å². The number of hydrogen-bond donors (Lipinski definition) is 0. The average molecular weight is 345 g/mol. The van der Waals surface area contributed by atoms with Gasteiger partial charge < -0.3 is 0 Å². The smallest absolute Gasteiger partial charge is 0.206 e. The van der Waals surface area contributed by atoms with Gasteiger partial charge in [0, 0.05) is 23.2 Å². The maximum Gasteiger partial charge on any atom is 0.206 e. The molecule has 1 aliphatic rings. The molecule has 24 heavy (non-hydrogen) atoms. The molecule has 0 radical (unpaired) electrons. The van der Waals surface area contributed by atoms with Crippen LogP contribution in [0.25, 0.3) is 11.3 Å². The van der Waals surface area contributed by atoms with Crippen molar-refractivity contribution in [2.45, 2.75) is 51.9 Å². The van der Waals surface area contributed by atoms with E-state index in [-0.39, 0.29) is 5.82 Å². The highest BCUT2D eigenvalue weighted by Gasteiger charge is 2.10. The molecule has 2 aromatic rings. The fourth-order valence-electron chi connectivity index (χ4n) is 3.01. The maximum absolute atomic E-state index is 13.2. The Balaban J connectivity index is 2.02. The minimum Gasteiger partial charge on any atom is -0.258 e. The molecular formula is C19H24FN3S. The first-order valence-corrected chi connectivity index (χ1v) is 9.69. The third kappa shape index (κ3) is 4.20. The lowest BCUT2D eigenvalue weighted by Crippen LogP contribution is -2.15. The molecule has 5 heteroatoms. The van der Waals surface area contributed by atoms with Gasteiger partial charge in [0.05, 0.1) is 5.69 Å². The van der Waals surface area contributed by atoms with Crippen molar-refractivity contribution >= 4 is 17.0 Å². The Bertz CT molecular complexity index is 746. The molecule has 3 nitrogen and oxygen atoms in total. The summed E-state index contributed by atoms with van der Waals surface area (Å²) in [6.07, 6.45) is 8.50. The van der Waals surface area contributed by atoms with E-state index in [9.17, 15) is 4.39 Å². The van der Waals surface area contributed by atoms with Crippen molar-refractivity contribution in [1.29, 1.82) is 0 Å². The summed E-state index contributed by atoms with van der Waals surface area (Å²) in [6.45, 7) is 2.76. The average Bonchev–Trinajstić information content (AvgIpc) is 2.94. The number of benzene rings is 1. The number of aromatic nitrogens is 1. The monoisotopic (exact) mass is 345 g/mol. The summed E-state index contributed by atoms with van der Waals surface area (Å²) in [5.41, 5.74) is 3.22. The van der Waals surface area contributed by atoms with Gasteiger partial charge in [-0.1, -0.05) is 19.3 Å². The largest absolute Gasteiger partial charge is 0.258 e. The Morgan fingerprint density at radius 2 is 1.71 bits per heavy atom. The second kappa shape index (κ2) is 8.38. The highest BCUT2D eigenvalue weighted by molar-refractivity contribution is 7.07. The van der Waals surface area contributed by atoms with E-state index in [1.165, 1.54) is 49.9 Å². The standard InChI is InChI=1S/C19H24FN3S/c1-2-21-19-23(22-17-8-6-4-3-5-7-9-17)18(14-24-19)15-10-12-16(20)13-11-15/h10-14H,2-9H2,1H3. The molecule has 0 amide bonds. The summed E-state index contributed by atoms with van der Waals surface area (Å²) >= 11 is 1.59. The van der Waals surface area contributed by atoms with Crippen LogP contribution in [0.1, 0.15) is 51.9 Å². The molecule has 0 unspecified atom stereocenters. The van der Waals surface area contributed by atoms with Gasteiger partial charge in [-0.2, -0.15) is 5.10 Å². The van der Waals surface area contributed by atoms with E-state index >= 15 is 0 Å². The summed E-state index contributed by atoms with van der Waals surface area (Å²) in [6, 6.07) is 6.61. The van der Waals surface area contributed by atoms with Crippen molar-refractivity contribution in [2.24, 2.45) is 10.1 Å². The normalized spacial score (nSPS) is 16.8. The maximum atomic E-state index is 13.2. The van der Waals surface area contributed by atoms with Gasteiger partial charge in [0.1, 0.15) is 5.82 Å². The molecule has 0 atom stereocenters. The first-order chi connectivity index (χ1) is 11.8. The van der Waals surface area contributed by atoms with E-state index in [4.69, 9.17) is 5.10 Å². The Kier molecular flexibility index (Phi) is 5.96. The predicted octanol–water partition coefficient (Wildman–Crippen LogP) is 5.22. The second-order valence-electron chi connectivity index (χ2n) is 6.13. The Morgan fingerprint density at radius 1 is 1.04 bits per heavy atom. The number of thiazole rings is 1. The summed E-state index contributed by atoms with van der Waals surface area (Å²) in [5, 5.41) is 7.02. The Labute approximate surface area is 146 Å². The molecule has 0 spiro atoms. The molecular weight excluding hydrogens is 321 g/mol. The molecule has 0 saturated heterocycles. The van der Waals surface area contributed by atoms with E-state index in [1.807, 2.05) is 23.7 Å². The van der Waals surface area contributed by atoms with Crippen molar-refractivity contribution in [3.05, 3.63) is 40.3 Å². The van der Waals surface area contributed by atoms with Crippen LogP contribution in [0, 0.1) is 5.82 Å². The minimum atomic E-state index is -0.217. The SMILES string of the molecule is CCN=c1scc(-c2ccc(F)cc2)n1N=C1CCCCCCC1. The highest BCUT2D eigenvalue weighted by Crippen LogP contribution is 2.22. The van der Waals surface area contributed by atoms with Crippen LogP contribution < -0.4 is 4.80 Å². The van der Waals surface area contributed by atoms with Crippen molar-refractivity contribution in [3.63, 3.8) is 0 Å². The summed E-state index contributed by atoms with van der Waals surface area (Å²) in [4.78, 5) is 5.49. The van der Waals surface area contributed by atoms with Crippen LogP contribution in [0.5, 0.6) is 0 Å². The lowest BCUT2D eigenvalue weighted by Gasteiger charge is -2.12. The third-order valence-electron chi connectivity index (χ3n) is 4.29. The number of hydrogen-bond acceptors (Lipinski definition) is 3. The van der Waals surface area contributed by atoms with E-state index in [0.29, 0.717) is 0 Å². The van der Waals surface area contributed by atoms with Crippen LogP contribution in [0.15, 0.2) is 39.7 Å². The molecule has 1 fully saturated rings. The molecule has 128 valence electrons. The zero-order valence-corrected chi connectivity index (χ0v) is 15.0. The lowest BCUT2D eigenvalue weighted by atomic mass is 9.99. The van der Waals surface area contributed by atoms with Gasteiger partial charge >= 0.3 is 0 Å². The minimum absolute atomic E-state index is 0.217. The van der Waals surface area contributed by atoms with Gasteiger partial charge in [-0.25, -0.2) is 9.07 Å². The zero-order valence-electron chi connectivity index (χ0n) is 14.2. The summed E-state index contributed by atoms with van der Waals surface area (Å²) < 4.78 is 15.2. The molecule has 1 aliphatic carbocycles. The predicted molar refractivity (Wildman–Crippen MR) is 99.0 cm³/mol. The van der Waals surface area contributed by atoms with Crippen molar-refractivity contribution in [2.75, 3.05) is 6.54 Å². The number of nitrogens with zero attached hydrogens (tertiary/aromatic N) is 3. The van der Waals surface area contributed by atoms with E-state index in [0.717, 1.165) is 35.4 Å². The first-order valence-electron chi connectivity index (χ1n) is 8.81. The summed E-state index contributed by atoms with van der Waals surface area (Å²) in [5.74, 6) is -0.217. The number of halogens is 1. The molecule has 0 aliphatic heterocycles. The van der Waals surface area contributed by atoms with Gasteiger partial charge in [-0.15, -0.1) is 11.3 Å². The molecule has 1 heterocycles. The topological polar surface area (TPSA) is 29.6 Å². The van der Waals surface area contributed by atoms with Crippen LogP contribution in [0.4, 0.5) is 4.39 Å². The van der Waals surface area contributed by atoms with Crippen LogP contribution in [-0.4, -0.2) is 16.9 Å². The van der Waals surface area contributed by atoms with Crippen molar-refractivity contribution in [3.8, 4) is 11.3 Å². The second-order valence-corrected chi connectivity index (χ2v) is 6.97. The molecule has 0 N–H and O–H groups in total. The molecule has 3 rings (SSSR count). The van der Waals surface area contributed by atoms with Crippen molar-refractivity contribution in [1.82, 2.24) is 4.68 Å². The lowest BCUT2D eigenvalue weighted by molar-refractivity contribution is 0.602. The summed E-state index contributed by atoms with van der Waals surface area (Å²) in [7, 11) is 0. The van der Waals surface area contributed by atoms with Crippen LogP contribution in [-0.2, 0) is 0 Å². The van der Waals surface area contributed by atoms with Gasteiger partial charge in [-0.05, 0) is 56.9 Å². The fourth-order valence-corrected chi connectivity index (χ4v) is 3.91. The molecule has 1 saturated carbocycles. The zero-order chi connectivity index (χ0) is 16.8. The quantitative estimate of drug-likeness (QED) is 0.729. The number of rotatable bonds is 3. The van der Waals surface area contributed by atoms with Crippen LogP contribution in [0.2, 0.25) is 0 Å².